The molecule has 1 saturated heterocycles. The fourth-order valence-corrected chi connectivity index (χ4v) is 2.53. The minimum Gasteiger partial charge on any atom is -0.550 e. The Balaban J connectivity index is 2.11. The summed E-state index contributed by atoms with van der Waals surface area (Å²) < 4.78 is 0. The number of hydrogen-bond donors (Lipinski definition) is 2. The van der Waals surface area contributed by atoms with Gasteiger partial charge in [-0.2, -0.15) is 0 Å². The van der Waals surface area contributed by atoms with Gasteiger partial charge in [-0.1, -0.05) is 29.8 Å². The lowest BCUT2D eigenvalue weighted by Crippen LogP contribution is -3.18. The molecule has 19 heavy (non-hydrogen) atoms. The van der Waals surface area contributed by atoms with E-state index in [9.17, 15) is 14.7 Å². The summed E-state index contributed by atoms with van der Waals surface area (Å²) in [6.45, 7) is 3.99. The number of piperazine rings is 1. The predicted molar refractivity (Wildman–Crippen MR) is 67.1 cm³/mol. The van der Waals surface area contributed by atoms with Crippen LogP contribution in [0.4, 0.5) is 0 Å². The van der Waals surface area contributed by atoms with Gasteiger partial charge in [0.25, 0.3) is 5.91 Å². The first kappa shape index (κ1) is 13.5. The van der Waals surface area contributed by atoms with Gasteiger partial charge in [-0.3, -0.25) is 4.79 Å². The Morgan fingerprint density at radius 2 is 2.32 bits per heavy atom. The second-order valence-corrected chi connectivity index (χ2v) is 4.99. The van der Waals surface area contributed by atoms with Gasteiger partial charge < -0.3 is 20.1 Å². The molecule has 0 aromatic heterocycles. The van der Waals surface area contributed by atoms with Gasteiger partial charge in [0.15, 0.2) is 6.04 Å². The van der Waals surface area contributed by atoms with Crippen LogP contribution in [0.3, 0.4) is 0 Å². The number of carbonyl (C=O) groups excluding carboxylic acids is 2. The first-order valence-corrected chi connectivity index (χ1v) is 6.44. The highest BCUT2D eigenvalue weighted by molar-refractivity contribution is 5.84. The maximum absolute atomic E-state index is 11.8. The molecule has 2 rings (SSSR count). The third-order valence-corrected chi connectivity index (χ3v) is 3.44. The topological polar surface area (TPSA) is 73.7 Å². The summed E-state index contributed by atoms with van der Waals surface area (Å²) in [5.41, 5.74) is 2.28. The number of quaternary nitrogens is 1. The highest BCUT2D eigenvalue weighted by Gasteiger charge is 2.33. The molecule has 1 fully saturated rings. The third-order valence-electron chi connectivity index (χ3n) is 3.44. The van der Waals surface area contributed by atoms with Crippen LogP contribution in [0.25, 0.3) is 0 Å². The van der Waals surface area contributed by atoms with Crippen LogP contribution in [0.15, 0.2) is 24.3 Å². The summed E-state index contributed by atoms with van der Waals surface area (Å²) >= 11 is 0. The number of carboxylic acids is 1. The molecule has 1 heterocycles. The van der Waals surface area contributed by atoms with Gasteiger partial charge in [-0.15, -0.1) is 0 Å². The zero-order valence-corrected chi connectivity index (χ0v) is 10.9. The van der Waals surface area contributed by atoms with Crippen LogP contribution < -0.4 is 15.3 Å². The fourth-order valence-electron chi connectivity index (χ4n) is 2.53. The number of carboxylic acid groups (broad SMARTS) is 1. The summed E-state index contributed by atoms with van der Waals surface area (Å²) in [7, 11) is 0. The van der Waals surface area contributed by atoms with Gasteiger partial charge in [-0.05, 0) is 6.92 Å². The molecule has 2 atom stereocenters. The molecular weight excluding hydrogens is 244 g/mol. The van der Waals surface area contributed by atoms with E-state index in [1.54, 1.807) is 0 Å². The second kappa shape index (κ2) is 5.84. The summed E-state index contributed by atoms with van der Waals surface area (Å²) in [6, 6.07) is 7.50. The van der Waals surface area contributed by atoms with Crippen molar-refractivity contribution in [3.05, 3.63) is 35.4 Å². The Hall–Kier alpha value is -1.88. The maximum atomic E-state index is 11.8. The summed E-state index contributed by atoms with van der Waals surface area (Å²) in [4.78, 5) is 23.5. The predicted octanol–water partition coefficient (Wildman–Crippen LogP) is -1.98. The molecule has 0 saturated carbocycles. The molecule has 5 nitrogen and oxygen atoms in total. The van der Waals surface area contributed by atoms with E-state index in [4.69, 9.17) is 0 Å². The van der Waals surface area contributed by atoms with Crippen LogP contribution in [0.1, 0.15) is 17.5 Å². The van der Waals surface area contributed by atoms with Gasteiger partial charge in [0.2, 0.25) is 0 Å². The zero-order chi connectivity index (χ0) is 13.8. The van der Waals surface area contributed by atoms with Crippen LogP contribution >= 0.6 is 0 Å². The van der Waals surface area contributed by atoms with Gasteiger partial charge >= 0.3 is 0 Å². The van der Waals surface area contributed by atoms with Gasteiger partial charge in [0, 0.05) is 18.0 Å². The van der Waals surface area contributed by atoms with Gasteiger partial charge in [0.05, 0.1) is 13.1 Å². The molecule has 1 aromatic carbocycles. The Kier molecular flexibility index (Phi) is 4.16. The quantitative estimate of drug-likeness (QED) is 0.660. The number of amides is 1. The molecule has 0 radical (unpaired) electrons. The van der Waals surface area contributed by atoms with Crippen molar-refractivity contribution in [3.8, 4) is 0 Å². The standard InChI is InChI=1S/C14H18N2O3/c1-10-3-2-4-11(7-10)9-16-6-5-15-14(19)12(16)8-13(17)18/h2-4,7,12H,5-6,8-9H2,1H3,(H,15,19)(H,17,18)/t12-/m0/s1. The lowest BCUT2D eigenvalue weighted by Gasteiger charge is -2.32. The van der Waals surface area contributed by atoms with Gasteiger partial charge in [-0.25, -0.2) is 0 Å². The number of nitrogens with one attached hydrogen (secondary N) is 2. The molecule has 102 valence electrons. The molecule has 0 bridgehead atoms. The number of benzene rings is 1. The SMILES string of the molecule is Cc1cccc(C[NH+]2CCNC(=O)[C@@H]2CC(=O)[O-])c1. The Morgan fingerprint density at radius 1 is 1.53 bits per heavy atom. The van der Waals surface area contributed by atoms with Crippen LogP contribution in [0, 0.1) is 6.92 Å². The highest BCUT2D eigenvalue weighted by Crippen LogP contribution is 2.03. The van der Waals surface area contributed by atoms with E-state index in [-0.39, 0.29) is 12.3 Å². The first-order chi connectivity index (χ1) is 9.06. The average Bonchev–Trinajstić information content (AvgIpc) is 2.33. The van der Waals surface area contributed by atoms with E-state index in [2.05, 4.69) is 11.4 Å². The molecule has 1 unspecified atom stereocenters. The van der Waals surface area contributed by atoms with Crippen LogP contribution in [0.5, 0.6) is 0 Å². The van der Waals surface area contributed by atoms with E-state index in [1.165, 1.54) is 0 Å². The number of aryl methyl sites for hydroxylation is 1. The highest BCUT2D eigenvalue weighted by atomic mass is 16.4. The Morgan fingerprint density at radius 3 is 3.00 bits per heavy atom. The molecule has 2 N–H and O–H groups in total. The molecule has 1 aliphatic heterocycles. The monoisotopic (exact) mass is 262 g/mol. The minimum atomic E-state index is -1.18. The molecular formula is C14H18N2O3. The lowest BCUT2D eigenvalue weighted by atomic mass is 10.1. The van der Waals surface area contributed by atoms with Crippen molar-refractivity contribution < 1.29 is 19.6 Å². The summed E-state index contributed by atoms with van der Waals surface area (Å²) in [5.74, 6) is -1.37. The van der Waals surface area contributed by atoms with Crippen LogP contribution in [-0.4, -0.2) is 31.0 Å². The molecule has 5 heteroatoms. The molecule has 1 amide bonds. The van der Waals surface area contributed by atoms with Crippen molar-refractivity contribution in [3.63, 3.8) is 0 Å². The van der Waals surface area contributed by atoms with Crippen molar-refractivity contribution >= 4 is 11.9 Å². The maximum Gasteiger partial charge on any atom is 0.278 e. The van der Waals surface area contributed by atoms with E-state index >= 15 is 0 Å². The Labute approximate surface area is 112 Å². The van der Waals surface area contributed by atoms with Crippen molar-refractivity contribution in [2.75, 3.05) is 13.1 Å². The van der Waals surface area contributed by atoms with Crippen molar-refractivity contribution in [1.82, 2.24) is 5.32 Å². The van der Waals surface area contributed by atoms with Gasteiger partial charge in [0.1, 0.15) is 6.54 Å². The largest absolute Gasteiger partial charge is 0.550 e. The van der Waals surface area contributed by atoms with E-state index in [0.717, 1.165) is 22.6 Å². The van der Waals surface area contributed by atoms with Crippen LogP contribution in [-0.2, 0) is 16.1 Å². The first-order valence-electron chi connectivity index (χ1n) is 6.44. The van der Waals surface area contributed by atoms with E-state index in [0.29, 0.717) is 13.1 Å². The van der Waals surface area contributed by atoms with Crippen molar-refractivity contribution in [1.29, 1.82) is 0 Å². The number of aliphatic carboxylic acids is 1. The molecule has 1 aromatic rings. The number of rotatable bonds is 4. The van der Waals surface area contributed by atoms with Crippen molar-refractivity contribution in [2.45, 2.75) is 25.9 Å². The normalized spacial score (nSPS) is 22.9. The van der Waals surface area contributed by atoms with E-state index < -0.39 is 12.0 Å². The number of hydrogen-bond acceptors (Lipinski definition) is 3. The third kappa shape index (κ3) is 3.54. The second-order valence-electron chi connectivity index (χ2n) is 4.99. The van der Waals surface area contributed by atoms with Crippen molar-refractivity contribution in [2.24, 2.45) is 0 Å². The molecule has 0 aliphatic carbocycles. The minimum absolute atomic E-state index is 0.196. The fraction of sp³-hybridized carbons (Fsp3) is 0.429. The zero-order valence-electron chi connectivity index (χ0n) is 10.9. The molecule has 0 spiro atoms. The number of carbonyl (C=O) groups is 2. The Bertz CT molecular complexity index is 487. The lowest BCUT2D eigenvalue weighted by molar-refractivity contribution is -0.930. The average molecular weight is 262 g/mol. The van der Waals surface area contributed by atoms with E-state index in [1.807, 2.05) is 25.1 Å². The summed E-state index contributed by atoms with van der Waals surface area (Å²) in [6.07, 6.45) is -0.229. The summed E-state index contributed by atoms with van der Waals surface area (Å²) in [5, 5.41) is 13.5. The molecule has 1 aliphatic rings. The smallest absolute Gasteiger partial charge is 0.278 e. The van der Waals surface area contributed by atoms with Crippen LogP contribution in [0.2, 0.25) is 0 Å².